The number of carbonyl (C=O) groups is 2. The lowest BCUT2D eigenvalue weighted by molar-refractivity contribution is -0.0580. The van der Waals surface area contributed by atoms with Crippen LogP contribution in [0.4, 0.5) is 43.7 Å². The van der Waals surface area contributed by atoms with Gasteiger partial charge in [0.15, 0.2) is 11.4 Å². The van der Waals surface area contributed by atoms with E-state index < -0.39 is 11.1 Å². The second kappa shape index (κ2) is 16.3. The van der Waals surface area contributed by atoms with Gasteiger partial charge in [-0.3, -0.25) is 19.6 Å². The van der Waals surface area contributed by atoms with E-state index in [1.807, 2.05) is 80.3 Å². The molecule has 0 bridgehead atoms. The number of hydrogen-bond acceptors (Lipinski definition) is 4. The van der Waals surface area contributed by atoms with Gasteiger partial charge in [-0.2, -0.15) is 0 Å². The first kappa shape index (κ1) is 40.7. The molecule has 10 rings (SSSR count). The zero-order valence-corrected chi connectivity index (χ0v) is 35.4. The average Bonchev–Trinajstić information content (AvgIpc) is 3.71. The minimum Gasteiger partial charge on any atom is -0.376 e. The molecule has 0 saturated carbocycles. The first-order valence-corrected chi connectivity index (χ1v) is 20.8. The molecular formula is C50H40Cl2N6O4. The van der Waals surface area contributed by atoms with Crippen molar-refractivity contribution in [3.63, 3.8) is 0 Å². The number of anilines is 4. The summed E-state index contributed by atoms with van der Waals surface area (Å²) in [5, 5.41) is 1.24. The van der Waals surface area contributed by atoms with E-state index in [1.54, 1.807) is 48.5 Å². The molecule has 12 heteroatoms. The molecule has 2 atom stereocenters. The Bertz CT molecular complexity index is 2550. The van der Waals surface area contributed by atoms with E-state index in [-0.39, 0.29) is 24.1 Å². The van der Waals surface area contributed by atoms with E-state index in [0.29, 0.717) is 47.8 Å². The molecule has 4 amide bonds. The molecule has 62 heavy (non-hydrogen) atoms. The zero-order valence-electron chi connectivity index (χ0n) is 33.9. The second-order valence-corrected chi connectivity index (χ2v) is 16.9. The van der Waals surface area contributed by atoms with Crippen LogP contribution in [0.2, 0.25) is 10.0 Å². The van der Waals surface area contributed by atoms with E-state index in [9.17, 15) is 9.59 Å². The number of halogens is 2. The predicted molar refractivity (Wildman–Crippen MR) is 244 cm³/mol. The van der Waals surface area contributed by atoms with E-state index in [1.165, 1.54) is 0 Å². The van der Waals surface area contributed by atoms with E-state index in [2.05, 4.69) is 59.9 Å². The number of rotatable bonds is 6. The van der Waals surface area contributed by atoms with Gasteiger partial charge in [0.2, 0.25) is 0 Å². The monoisotopic (exact) mass is 858 g/mol. The van der Waals surface area contributed by atoms with Gasteiger partial charge in [0, 0.05) is 32.8 Å². The number of benzene rings is 6. The Morgan fingerprint density at radius 2 is 0.855 bits per heavy atom. The van der Waals surface area contributed by atoms with Crippen molar-refractivity contribution in [2.45, 2.75) is 37.0 Å². The molecule has 4 heterocycles. The third-order valence-corrected chi connectivity index (χ3v) is 12.5. The molecule has 6 aromatic rings. The van der Waals surface area contributed by atoms with Crippen LogP contribution in [0.15, 0.2) is 146 Å². The molecule has 10 nitrogen and oxygen atoms in total. The van der Waals surface area contributed by atoms with Crippen LogP contribution in [0.25, 0.3) is 9.69 Å². The van der Waals surface area contributed by atoms with Crippen LogP contribution in [0.5, 0.6) is 0 Å². The fraction of sp³-hybridized carbons (Fsp3) is 0.200. The van der Waals surface area contributed by atoms with Crippen LogP contribution >= 0.6 is 23.2 Å². The Kier molecular flexibility index (Phi) is 10.7. The Balaban J connectivity index is 0.000000158. The Morgan fingerprint density at radius 3 is 1.15 bits per heavy atom. The van der Waals surface area contributed by atoms with Crippen molar-refractivity contribution in [3.05, 3.63) is 201 Å². The zero-order chi connectivity index (χ0) is 43.2. The van der Waals surface area contributed by atoms with Crippen LogP contribution in [0.1, 0.15) is 34.3 Å². The maximum atomic E-state index is 13.9. The molecule has 0 radical (unpaired) electrons. The summed E-state index contributed by atoms with van der Waals surface area (Å²) in [5.74, 6) is 0. The molecule has 0 N–H and O–H groups in total. The van der Waals surface area contributed by atoms with Gasteiger partial charge in [-0.25, -0.2) is 19.3 Å². The summed E-state index contributed by atoms with van der Waals surface area (Å²) in [6.07, 6.45) is 0. The van der Waals surface area contributed by atoms with Crippen molar-refractivity contribution in [1.29, 1.82) is 0 Å². The van der Waals surface area contributed by atoms with Crippen molar-refractivity contribution < 1.29 is 19.1 Å². The van der Waals surface area contributed by atoms with Crippen molar-refractivity contribution in [3.8, 4) is 0 Å². The number of carbonyl (C=O) groups excluding carboxylic acids is 2. The van der Waals surface area contributed by atoms with E-state index in [0.717, 1.165) is 45.0 Å². The molecule has 0 aromatic heterocycles. The lowest BCUT2D eigenvalue weighted by Crippen LogP contribution is -2.62. The smallest absolute Gasteiger partial charge is 0.330 e. The fourth-order valence-corrected chi connectivity index (χ4v) is 9.40. The molecular weight excluding hydrogens is 819 g/mol. The van der Waals surface area contributed by atoms with Crippen LogP contribution in [-0.4, -0.2) is 49.6 Å². The van der Waals surface area contributed by atoms with Crippen LogP contribution < -0.4 is 19.6 Å². The molecule has 4 aliphatic rings. The largest absolute Gasteiger partial charge is 0.376 e. The first-order chi connectivity index (χ1) is 30.1. The SMILES string of the molecule is [C-]#[N+]c1ccc(N2C(=O)N(c3ccc(Cl)cc3)C3(COC3)[C@@H]2c2cccc(C)c2)cc1.[C-]#[N+]c1ccc(N2C(=O)N(c3ccc(Cl)cc3)C3(COC3)[C@H]2c2cccc(C)c2)cc1. The molecule has 4 fully saturated rings. The number of urea groups is 2. The Morgan fingerprint density at radius 1 is 0.516 bits per heavy atom. The molecule has 0 unspecified atom stereocenters. The Labute approximate surface area is 370 Å². The summed E-state index contributed by atoms with van der Waals surface area (Å²) < 4.78 is 11.4. The van der Waals surface area contributed by atoms with Gasteiger partial charge in [-0.1, -0.05) is 107 Å². The van der Waals surface area contributed by atoms with E-state index in [4.69, 9.17) is 45.8 Å². The van der Waals surface area contributed by atoms with Gasteiger partial charge in [-0.15, -0.1) is 0 Å². The maximum absolute atomic E-state index is 13.9. The number of aryl methyl sites for hydroxylation is 2. The van der Waals surface area contributed by atoms with Crippen LogP contribution in [0.3, 0.4) is 0 Å². The van der Waals surface area contributed by atoms with Gasteiger partial charge >= 0.3 is 12.1 Å². The fourth-order valence-electron chi connectivity index (χ4n) is 9.15. The first-order valence-electron chi connectivity index (χ1n) is 20.1. The quantitative estimate of drug-likeness (QED) is 0.156. The molecule has 308 valence electrons. The summed E-state index contributed by atoms with van der Waals surface area (Å²) in [4.78, 5) is 42.2. The molecule has 0 aliphatic carbocycles. The molecule has 4 aliphatic heterocycles. The lowest BCUT2D eigenvalue weighted by atomic mass is 9.82. The average molecular weight is 860 g/mol. The van der Waals surface area contributed by atoms with Crippen LogP contribution in [0, 0.1) is 27.0 Å². The molecule has 6 aromatic carbocycles. The number of amides is 4. The summed E-state index contributed by atoms with van der Waals surface area (Å²) in [7, 11) is 0. The van der Waals surface area contributed by atoms with Gasteiger partial charge < -0.3 is 9.47 Å². The standard InChI is InChI=1S/2C25H20ClN3O2/c2*1-17-4-3-5-18(14-17)23-25(15-31-16-25)29(22-10-6-19(26)7-11-22)24(30)28(23)21-12-8-20(27-2)9-13-21/h2*3-14,23H,15-16H2,1H3/t2*23-/m10/s1. The highest BCUT2D eigenvalue weighted by atomic mass is 35.5. The van der Waals surface area contributed by atoms with Gasteiger partial charge in [0.1, 0.15) is 11.1 Å². The highest BCUT2D eigenvalue weighted by Crippen LogP contribution is 2.53. The van der Waals surface area contributed by atoms with Gasteiger partial charge in [0.25, 0.3) is 0 Å². The number of ether oxygens (including phenoxy) is 2. The summed E-state index contributed by atoms with van der Waals surface area (Å²) >= 11 is 12.2. The molecule has 4 saturated heterocycles. The third-order valence-electron chi connectivity index (χ3n) is 12.0. The molecule has 2 spiro atoms. The van der Waals surface area contributed by atoms with Crippen molar-refractivity contribution in [2.24, 2.45) is 0 Å². The topological polar surface area (TPSA) is 74.3 Å². The summed E-state index contributed by atoms with van der Waals surface area (Å²) in [5.41, 5.74) is 7.49. The van der Waals surface area contributed by atoms with E-state index >= 15 is 0 Å². The predicted octanol–water partition coefficient (Wildman–Crippen LogP) is 12.3. The minimum atomic E-state index is -0.531. The number of nitrogens with zero attached hydrogens (tertiary/aromatic N) is 6. The van der Waals surface area contributed by atoms with Gasteiger partial charge in [-0.05, 0) is 97.8 Å². The minimum absolute atomic E-state index is 0.118. The van der Waals surface area contributed by atoms with Gasteiger partial charge in [0.05, 0.1) is 51.7 Å². The lowest BCUT2D eigenvalue weighted by Gasteiger charge is -2.47. The van der Waals surface area contributed by atoms with Crippen molar-refractivity contribution in [1.82, 2.24) is 0 Å². The highest BCUT2D eigenvalue weighted by molar-refractivity contribution is 6.31. The Hall–Kier alpha value is -6.66. The summed E-state index contributed by atoms with van der Waals surface area (Å²) in [6, 6.07) is 44.9. The third kappa shape index (κ3) is 6.92. The maximum Gasteiger partial charge on any atom is 0.330 e. The van der Waals surface area contributed by atoms with Crippen molar-refractivity contribution in [2.75, 3.05) is 46.0 Å². The van der Waals surface area contributed by atoms with Crippen molar-refractivity contribution >= 4 is 69.4 Å². The van der Waals surface area contributed by atoms with Crippen LogP contribution in [-0.2, 0) is 9.47 Å². The highest BCUT2D eigenvalue weighted by Gasteiger charge is 2.64. The normalized spacial score (nSPS) is 19.4. The second-order valence-electron chi connectivity index (χ2n) is 16.0. The number of hydrogen-bond donors (Lipinski definition) is 0. The summed E-state index contributed by atoms with van der Waals surface area (Å²) in [6.45, 7) is 20.3.